The highest BCUT2D eigenvalue weighted by atomic mass is 14.9. The molecule has 102 valence electrons. The van der Waals surface area contributed by atoms with E-state index in [1.807, 2.05) is 0 Å². The van der Waals surface area contributed by atoms with E-state index in [2.05, 4.69) is 50.4 Å². The Hall–Kier alpha value is -0.820. The van der Waals surface area contributed by atoms with Gasteiger partial charge in [-0.25, -0.2) is 0 Å². The van der Waals surface area contributed by atoms with Gasteiger partial charge in [0.2, 0.25) is 0 Å². The fraction of sp³-hybridized carbons (Fsp3) is 0.647. The molecule has 1 heteroatoms. The lowest BCUT2D eigenvalue weighted by molar-refractivity contribution is 0.557. The largest absolute Gasteiger partial charge is 0.315 e. The van der Waals surface area contributed by atoms with E-state index in [9.17, 15) is 0 Å². The van der Waals surface area contributed by atoms with Crippen molar-refractivity contribution in [1.82, 2.24) is 5.32 Å². The monoisotopic (exact) mass is 247 g/mol. The summed E-state index contributed by atoms with van der Waals surface area (Å²) >= 11 is 0. The molecular formula is C17H29N. The van der Waals surface area contributed by atoms with Crippen molar-refractivity contribution in [2.75, 3.05) is 6.54 Å². The van der Waals surface area contributed by atoms with Crippen molar-refractivity contribution in [3.8, 4) is 0 Å². The van der Waals surface area contributed by atoms with Gasteiger partial charge < -0.3 is 5.32 Å². The van der Waals surface area contributed by atoms with Crippen LogP contribution >= 0.6 is 0 Å². The third-order valence-electron chi connectivity index (χ3n) is 3.29. The van der Waals surface area contributed by atoms with Gasteiger partial charge in [-0.15, -0.1) is 0 Å². The van der Waals surface area contributed by atoms with Crippen LogP contribution in [0, 0.1) is 0 Å². The van der Waals surface area contributed by atoms with E-state index in [0.29, 0.717) is 6.04 Å². The second kappa shape index (κ2) is 9.16. The molecule has 1 nitrogen and oxygen atoms in total. The summed E-state index contributed by atoms with van der Waals surface area (Å²) in [4.78, 5) is 0. The van der Waals surface area contributed by atoms with E-state index < -0.39 is 0 Å². The molecule has 0 radical (unpaired) electrons. The summed E-state index contributed by atoms with van der Waals surface area (Å²) < 4.78 is 0. The van der Waals surface area contributed by atoms with Gasteiger partial charge in [0.1, 0.15) is 0 Å². The molecule has 1 aromatic carbocycles. The van der Waals surface area contributed by atoms with E-state index in [-0.39, 0.29) is 0 Å². The molecule has 0 aliphatic heterocycles. The Bertz CT molecular complexity index is 300. The lowest BCUT2D eigenvalue weighted by Gasteiger charge is -2.08. The number of aryl methyl sites for hydroxylation is 2. The van der Waals surface area contributed by atoms with Crippen LogP contribution in [0.2, 0.25) is 0 Å². The first-order valence-electron chi connectivity index (χ1n) is 7.53. The Morgan fingerprint density at radius 3 is 1.94 bits per heavy atom. The summed E-state index contributed by atoms with van der Waals surface area (Å²) in [6, 6.07) is 9.83. The molecule has 0 atom stereocenters. The third-order valence-corrected chi connectivity index (χ3v) is 3.29. The molecule has 0 saturated carbocycles. The Labute approximate surface area is 113 Å². The molecule has 18 heavy (non-hydrogen) atoms. The molecule has 0 amide bonds. The van der Waals surface area contributed by atoms with E-state index in [1.165, 1.54) is 49.7 Å². The number of hydrogen-bond acceptors (Lipinski definition) is 1. The van der Waals surface area contributed by atoms with Crippen molar-refractivity contribution in [1.29, 1.82) is 0 Å². The van der Waals surface area contributed by atoms with Crippen molar-refractivity contribution in [3.05, 3.63) is 35.4 Å². The van der Waals surface area contributed by atoms with Gasteiger partial charge in [-0.05, 0) is 49.8 Å². The normalized spacial score (nSPS) is 11.1. The van der Waals surface area contributed by atoms with Gasteiger partial charge in [0.05, 0.1) is 0 Å². The van der Waals surface area contributed by atoms with Gasteiger partial charge in [-0.2, -0.15) is 0 Å². The summed E-state index contributed by atoms with van der Waals surface area (Å²) in [6.45, 7) is 7.80. The second-order valence-electron chi connectivity index (χ2n) is 5.49. The van der Waals surface area contributed by atoms with Crippen molar-refractivity contribution in [3.63, 3.8) is 0 Å². The zero-order valence-corrected chi connectivity index (χ0v) is 12.3. The maximum atomic E-state index is 3.46. The number of benzene rings is 1. The lowest BCUT2D eigenvalue weighted by Crippen LogP contribution is -2.23. The molecule has 1 aromatic rings. The Morgan fingerprint density at radius 1 is 0.889 bits per heavy atom. The minimum atomic E-state index is 0.614. The molecule has 0 bridgehead atoms. The first kappa shape index (κ1) is 15.2. The number of hydrogen-bond donors (Lipinski definition) is 1. The van der Waals surface area contributed by atoms with E-state index in [1.54, 1.807) is 0 Å². The van der Waals surface area contributed by atoms with Gasteiger partial charge in [0, 0.05) is 6.04 Å². The van der Waals surface area contributed by atoms with E-state index in [4.69, 9.17) is 0 Å². The average molecular weight is 247 g/mol. The van der Waals surface area contributed by atoms with Crippen LogP contribution in [0.15, 0.2) is 24.3 Å². The van der Waals surface area contributed by atoms with Crippen molar-refractivity contribution in [2.24, 2.45) is 0 Å². The molecule has 0 aromatic heterocycles. The van der Waals surface area contributed by atoms with Crippen LogP contribution in [-0.4, -0.2) is 12.6 Å². The molecule has 0 unspecified atom stereocenters. The van der Waals surface area contributed by atoms with Crippen LogP contribution in [0.4, 0.5) is 0 Å². The molecule has 0 heterocycles. The Balaban J connectivity index is 2.18. The fourth-order valence-corrected chi connectivity index (χ4v) is 2.10. The Kier molecular flexibility index (Phi) is 7.75. The first-order chi connectivity index (χ1) is 8.72. The number of rotatable bonds is 9. The third kappa shape index (κ3) is 6.80. The van der Waals surface area contributed by atoms with Gasteiger partial charge in [0.25, 0.3) is 0 Å². The second-order valence-corrected chi connectivity index (χ2v) is 5.49. The smallest absolute Gasteiger partial charge is 0.00103 e. The minimum absolute atomic E-state index is 0.614. The summed E-state index contributed by atoms with van der Waals surface area (Å²) in [5.41, 5.74) is 2.97. The highest BCUT2D eigenvalue weighted by Crippen LogP contribution is 2.10. The zero-order chi connectivity index (χ0) is 13.2. The van der Waals surface area contributed by atoms with Gasteiger partial charge in [-0.3, -0.25) is 0 Å². The quantitative estimate of drug-likeness (QED) is 0.640. The molecule has 1 rings (SSSR count). The lowest BCUT2D eigenvalue weighted by atomic mass is 10.0. The fourth-order valence-electron chi connectivity index (χ4n) is 2.10. The minimum Gasteiger partial charge on any atom is -0.315 e. The maximum absolute atomic E-state index is 3.46. The molecule has 0 aliphatic rings. The standard InChI is InChI=1S/C17H29N/c1-4-5-8-16-10-12-17(13-11-16)9-6-7-14-18-15(2)3/h10-13,15,18H,4-9,14H2,1-3H3. The average Bonchev–Trinajstić information content (AvgIpc) is 2.37. The van der Waals surface area contributed by atoms with Crippen LogP contribution in [0.3, 0.4) is 0 Å². The van der Waals surface area contributed by atoms with Gasteiger partial charge in [-0.1, -0.05) is 51.5 Å². The highest BCUT2D eigenvalue weighted by Gasteiger charge is 1.96. The highest BCUT2D eigenvalue weighted by molar-refractivity contribution is 5.22. The van der Waals surface area contributed by atoms with Crippen LogP contribution < -0.4 is 5.32 Å². The maximum Gasteiger partial charge on any atom is 0.00103 e. The molecule has 0 spiro atoms. The van der Waals surface area contributed by atoms with Crippen molar-refractivity contribution in [2.45, 2.75) is 65.3 Å². The number of unbranched alkanes of at least 4 members (excludes halogenated alkanes) is 2. The summed E-state index contributed by atoms with van der Waals surface area (Å²) in [6.07, 6.45) is 7.59. The SMILES string of the molecule is CCCCc1ccc(CCCCNC(C)C)cc1. The topological polar surface area (TPSA) is 12.0 Å². The zero-order valence-electron chi connectivity index (χ0n) is 12.3. The van der Waals surface area contributed by atoms with Gasteiger partial charge >= 0.3 is 0 Å². The predicted molar refractivity (Wildman–Crippen MR) is 81.1 cm³/mol. The van der Waals surface area contributed by atoms with Crippen LogP contribution in [0.25, 0.3) is 0 Å². The number of nitrogens with one attached hydrogen (secondary N) is 1. The van der Waals surface area contributed by atoms with Gasteiger partial charge in [0.15, 0.2) is 0 Å². The van der Waals surface area contributed by atoms with Crippen molar-refractivity contribution < 1.29 is 0 Å². The van der Waals surface area contributed by atoms with E-state index >= 15 is 0 Å². The van der Waals surface area contributed by atoms with E-state index in [0.717, 1.165) is 6.54 Å². The summed E-state index contributed by atoms with van der Waals surface area (Å²) in [5.74, 6) is 0. The molecule has 0 aliphatic carbocycles. The molecular weight excluding hydrogens is 218 g/mol. The van der Waals surface area contributed by atoms with Crippen molar-refractivity contribution >= 4 is 0 Å². The Morgan fingerprint density at radius 2 is 1.44 bits per heavy atom. The molecule has 0 fully saturated rings. The van der Waals surface area contributed by atoms with Crippen LogP contribution in [0.5, 0.6) is 0 Å². The first-order valence-corrected chi connectivity index (χ1v) is 7.53. The van der Waals surface area contributed by atoms with Crippen LogP contribution in [0.1, 0.15) is 57.6 Å². The predicted octanol–water partition coefficient (Wildman–Crippen LogP) is 4.35. The molecule has 0 saturated heterocycles. The van der Waals surface area contributed by atoms with Crippen LogP contribution in [-0.2, 0) is 12.8 Å². The molecule has 1 N–H and O–H groups in total. The summed E-state index contributed by atoms with van der Waals surface area (Å²) in [5, 5.41) is 3.46. The summed E-state index contributed by atoms with van der Waals surface area (Å²) in [7, 11) is 0.